The molecule has 1 aliphatic heterocycles. The maximum absolute atomic E-state index is 6.26. The number of aryl methyl sites for hydroxylation is 2. The van der Waals surface area contributed by atoms with E-state index in [0.29, 0.717) is 0 Å². The number of hydrogen-bond acceptors (Lipinski definition) is 3. The number of nitrogens with two attached hydrogens (primary N) is 1. The van der Waals surface area contributed by atoms with Gasteiger partial charge in [-0.3, -0.25) is 0 Å². The third-order valence-electron chi connectivity index (χ3n) is 3.48. The molecule has 1 aromatic carbocycles. The van der Waals surface area contributed by atoms with Gasteiger partial charge in [-0.25, -0.2) is 0 Å². The number of ether oxygens (including phenoxy) is 1. The molecule has 0 fully saturated rings. The van der Waals surface area contributed by atoms with Crippen molar-refractivity contribution in [1.82, 2.24) is 0 Å². The molecule has 3 heteroatoms. The Morgan fingerprint density at radius 1 is 1.28 bits per heavy atom. The monoisotopic (exact) mass is 243 g/mol. The zero-order valence-corrected chi connectivity index (χ0v) is 10.5. The van der Waals surface area contributed by atoms with Crippen molar-refractivity contribution in [2.45, 2.75) is 25.8 Å². The molecular weight excluding hydrogens is 226 g/mol. The van der Waals surface area contributed by atoms with Gasteiger partial charge < -0.3 is 14.9 Å². The van der Waals surface area contributed by atoms with Gasteiger partial charge in [-0.2, -0.15) is 0 Å². The Morgan fingerprint density at radius 3 is 2.94 bits per heavy atom. The van der Waals surface area contributed by atoms with Crippen LogP contribution in [-0.2, 0) is 6.42 Å². The van der Waals surface area contributed by atoms with Crippen LogP contribution in [0, 0.1) is 6.92 Å². The van der Waals surface area contributed by atoms with Crippen LogP contribution in [0.3, 0.4) is 0 Å². The van der Waals surface area contributed by atoms with E-state index in [-0.39, 0.29) is 6.04 Å². The first-order chi connectivity index (χ1) is 8.75. The number of rotatable bonds is 2. The third-order valence-corrected chi connectivity index (χ3v) is 3.48. The van der Waals surface area contributed by atoms with Crippen LogP contribution in [0.5, 0.6) is 5.75 Å². The van der Waals surface area contributed by atoms with E-state index < -0.39 is 0 Å². The maximum atomic E-state index is 6.26. The lowest BCUT2D eigenvalue weighted by molar-refractivity contribution is 0.288. The van der Waals surface area contributed by atoms with Gasteiger partial charge in [0, 0.05) is 0 Å². The lowest BCUT2D eigenvalue weighted by Gasteiger charge is -2.19. The molecule has 1 atom stereocenters. The average molecular weight is 243 g/mol. The number of hydrogen-bond donors (Lipinski definition) is 1. The summed E-state index contributed by atoms with van der Waals surface area (Å²) in [6, 6.07) is 7.92. The van der Waals surface area contributed by atoms with Crippen molar-refractivity contribution in [2.24, 2.45) is 5.73 Å². The Balaban J connectivity index is 1.95. The summed E-state index contributed by atoms with van der Waals surface area (Å²) >= 11 is 0. The molecule has 1 unspecified atom stereocenters. The maximum Gasteiger partial charge on any atom is 0.127 e. The molecule has 0 saturated carbocycles. The fourth-order valence-corrected chi connectivity index (χ4v) is 2.43. The summed E-state index contributed by atoms with van der Waals surface area (Å²) < 4.78 is 11.1. The summed E-state index contributed by atoms with van der Waals surface area (Å²) in [4.78, 5) is 0. The van der Waals surface area contributed by atoms with Crippen molar-refractivity contribution in [3.05, 3.63) is 53.0 Å². The first kappa shape index (κ1) is 11.4. The van der Waals surface area contributed by atoms with E-state index in [0.717, 1.165) is 42.1 Å². The first-order valence-corrected chi connectivity index (χ1v) is 6.31. The Kier molecular flexibility index (Phi) is 2.84. The molecule has 2 N–H and O–H groups in total. The highest BCUT2D eigenvalue weighted by atomic mass is 16.5. The highest BCUT2D eigenvalue weighted by molar-refractivity contribution is 5.41. The summed E-state index contributed by atoms with van der Waals surface area (Å²) in [5.41, 5.74) is 9.68. The molecule has 94 valence electrons. The topological polar surface area (TPSA) is 48.4 Å². The summed E-state index contributed by atoms with van der Waals surface area (Å²) in [7, 11) is 0. The van der Waals surface area contributed by atoms with Crippen LogP contribution in [0.1, 0.15) is 34.9 Å². The van der Waals surface area contributed by atoms with E-state index in [1.165, 1.54) is 5.56 Å². The van der Waals surface area contributed by atoms with Crippen LogP contribution in [0.4, 0.5) is 0 Å². The van der Waals surface area contributed by atoms with Gasteiger partial charge in [0.05, 0.1) is 18.9 Å². The molecule has 2 aromatic rings. The fourth-order valence-electron chi connectivity index (χ4n) is 2.43. The van der Waals surface area contributed by atoms with Gasteiger partial charge in [0.2, 0.25) is 0 Å². The molecule has 0 amide bonds. The van der Waals surface area contributed by atoms with Gasteiger partial charge in [0.1, 0.15) is 11.5 Å². The summed E-state index contributed by atoms with van der Waals surface area (Å²) in [5, 5.41) is 0. The molecule has 3 rings (SSSR count). The first-order valence-electron chi connectivity index (χ1n) is 6.31. The van der Waals surface area contributed by atoms with Crippen LogP contribution in [0.25, 0.3) is 0 Å². The van der Waals surface area contributed by atoms with Crippen LogP contribution in [0.15, 0.2) is 34.9 Å². The molecule has 0 radical (unpaired) electrons. The van der Waals surface area contributed by atoms with Crippen molar-refractivity contribution >= 4 is 0 Å². The lowest BCUT2D eigenvalue weighted by Crippen LogP contribution is -2.14. The zero-order chi connectivity index (χ0) is 12.5. The van der Waals surface area contributed by atoms with Crippen molar-refractivity contribution < 1.29 is 9.15 Å². The Labute approximate surface area is 107 Å². The smallest absolute Gasteiger partial charge is 0.127 e. The molecule has 0 bridgehead atoms. The van der Waals surface area contributed by atoms with Crippen LogP contribution in [-0.4, -0.2) is 6.61 Å². The molecular formula is C15H17NO2. The Bertz CT molecular complexity index is 559. The summed E-state index contributed by atoms with van der Waals surface area (Å²) in [5.74, 6) is 1.83. The van der Waals surface area contributed by atoms with E-state index in [4.69, 9.17) is 14.9 Å². The number of fused-ring (bicyclic) bond motifs is 1. The lowest BCUT2D eigenvalue weighted by atomic mass is 9.97. The van der Waals surface area contributed by atoms with Crippen LogP contribution in [0.2, 0.25) is 0 Å². The second-order valence-electron chi connectivity index (χ2n) is 4.76. The fraction of sp³-hybridized carbons (Fsp3) is 0.333. The van der Waals surface area contributed by atoms with E-state index in [1.807, 2.05) is 25.1 Å². The Hall–Kier alpha value is -1.74. The largest absolute Gasteiger partial charge is 0.493 e. The minimum absolute atomic E-state index is 0.202. The second kappa shape index (κ2) is 4.50. The van der Waals surface area contributed by atoms with Crippen molar-refractivity contribution in [3.63, 3.8) is 0 Å². The summed E-state index contributed by atoms with van der Waals surface area (Å²) in [6.45, 7) is 2.83. The molecule has 0 saturated heterocycles. The highest BCUT2D eigenvalue weighted by Crippen LogP contribution is 2.30. The second-order valence-corrected chi connectivity index (χ2v) is 4.76. The van der Waals surface area contributed by atoms with Crippen molar-refractivity contribution in [2.75, 3.05) is 6.61 Å². The van der Waals surface area contributed by atoms with Crippen molar-refractivity contribution in [3.8, 4) is 5.75 Å². The average Bonchev–Trinajstić information content (AvgIpc) is 2.83. The number of benzene rings is 1. The van der Waals surface area contributed by atoms with E-state index in [1.54, 1.807) is 6.26 Å². The van der Waals surface area contributed by atoms with Gasteiger partial charge in [-0.15, -0.1) is 0 Å². The highest BCUT2D eigenvalue weighted by Gasteiger charge is 2.17. The van der Waals surface area contributed by atoms with E-state index in [2.05, 4.69) is 6.07 Å². The molecule has 0 spiro atoms. The number of furan rings is 1. The molecule has 1 aromatic heterocycles. The van der Waals surface area contributed by atoms with Crippen LogP contribution < -0.4 is 10.5 Å². The molecule has 0 aliphatic carbocycles. The predicted molar refractivity (Wildman–Crippen MR) is 69.7 cm³/mol. The van der Waals surface area contributed by atoms with Gasteiger partial charge in [-0.05, 0) is 48.6 Å². The zero-order valence-electron chi connectivity index (χ0n) is 10.5. The van der Waals surface area contributed by atoms with E-state index >= 15 is 0 Å². The normalized spacial score (nSPS) is 15.9. The Morgan fingerprint density at radius 2 is 2.17 bits per heavy atom. The summed E-state index contributed by atoms with van der Waals surface area (Å²) in [6.07, 6.45) is 3.82. The standard InChI is InChI=1S/C15H17NO2/c1-10-6-8-18-15(10)14(16)12-4-5-13-11(9-12)3-2-7-17-13/h4-6,8-9,14H,2-3,7,16H2,1H3. The van der Waals surface area contributed by atoms with Gasteiger partial charge in [0.15, 0.2) is 0 Å². The third kappa shape index (κ3) is 1.91. The molecule has 18 heavy (non-hydrogen) atoms. The van der Waals surface area contributed by atoms with Gasteiger partial charge >= 0.3 is 0 Å². The molecule has 2 heterocycles. The van der Waals surface area contributed by atoms with Crippen molar-refractivity contribution in [1.29, 1.82) is 0 Å². The van der Waals surface area contributed by atoms with Crippen LogP contribution >= 0.6 is 0 Å². The van der Waals surface area contributed by atoms with Gasteiger partial charge in [0.25, 0.3) is 0 Å². The predicted octanol–water partition coefficient (Wildman–Crippen LogP) is 2.96. The van der Waals surface area contributed by atoms with E-state index in [9.17, 15) is 0 Å². The minimum Gasteiger partial charge on any atom is -0.493 e. The minimum atomic E-state index is -0.202. The SMILES string of the molecule is Cc1ccoc1C(N)c1ccc2c(c1)CCCO2. The quantitative estimate of drug-likeness (QED) is 0.882. The molecule has 3 nitrogen and oxygen atoms in total. The molecule has 1 aliphatic rings. The van der Waals surface area contributed by atoms with Gasteiger partial charge in [-0.1, -0.05) is 12.1 Å².